The van der Waals surface area contributed by atoms with Crippen LogP contribution in [0, 0.1) is 11.8 Å². The number of anilines is 1. The number of phenols is 1. The van der Waals surface area contributed by atoms with Crippen LogP contribution in [-0.4, -0.2) is 57.6 Å². The van der Waals surface area contributed by atoms with Crippen molar-refractivity contribution in [1.29, 1.82) is 0 Å². The van der Waals surface area contributed by atoms with Gasteiger partial charge in [0.1, 0.15) is 5.92 Å². The molecule has 35 heavy (non-hydrogen) atoms. The second-order valence-electron chi connectivity index (χ2n) is 10.9. The lowest BCUT2D eigenvalue weighted by Crippen LogP contribution is -2.78. The second-order valence-corrected chi connectivity index (χ2v) is 11.8. The van der Waals surface area contributed by atoms with Crippen molar-refractivity contribution in [3.63, 3.8) is 0 Å². The van der Waals surface area contributed by atoms with Crippen LogP contribution in [0.1, 0.15) is 36.8 Å². The lowest BCUT2D eigenvalue weighted by Gasteiger charge is -2.63. The van der Waals surface area contributed by atoms with Gasteiger partial charge >= 0.3 is 0 Å². The zero-order chi connectivity index (χ0) is 24.1. The minimum atomic E-state index is -1.32. The number of likely N-dealkylation sites (tertiary alicyclic amines) is 1. The van der Waals surface area contributed by atoms with E-state index in [4.69, 9.17) is 4.74 Å². The van der Waals surface area contributed by atoms with Gasteiger partial charge in [-0.1, -0.05) is 28.1 Å². The van der Waals surface area contributed by atoms with Gasteiger partial charge in [0.2, 0.25) is 5.91 Å². The van der Waals surface area contributed by atoms with Gasteiger partial charge in [-0.25, -0.2) is 0 Å². The Kier molecular flexibility index (Phi) is 4.56. The molecule has 2 aromatic carbocycles. The highest BCUT2D eigenvalue weighted by Crippen LogP contribution is 2.65. The SMILES string of the molecule is O=C(Nc1cccc(Br)c1)C1C[C@@]2(O)[C@H]3Cc4ccc(O)c5c4[C@@]2(CCN3CC2CC2)[C@@H](O5)C1=O. The molecule has 0 aromatic heterocycles. The number of ether oxygens (including phenoxy) is 1. The molecule has 2 saturated carbocycles. The predicted molar refractivity (Wildman–Crippen MR) is 131 cm³/mol. The van der Waals surface area contributed by atoms with Crippen molar-refractivity contribution in [1.82, 2.24) is 4.90 Å². The van der Waals surface area contributed by atoms with E-state index in [1.165, 1.54) is 12.8 Å². The number of piperidine rings is 1. The Morgan fingerprint density at radius 2 is 2.09 bits per heavy atom. The van der Waals surface area contributed by atoms with Crippen molar-refractivity contribution in [2.24, 2.45) is 11.8 Å². The third-order valence-corrected chi connectivity index (χ3v) is 9.53. The first-order chi connectivity index (χ1) is 16.8. The number of ketones is 1. The van der Waals surface area contributed by atoms with Crippen molar-refractivity contribution in [3.05, 3.63) is 52.0 Å². The van der Waals surface area contributed by atoms with Gasteiger partial charge in [0.15, 0.2) is 23.4 Å². The molecule has 7 nitrogen and oxygen atoms in total. The van der Waals surface area contributed by atoms with Crippen LogP contribution in [0.2, 0.25) is 0 Å². The maximum Gasteiger partial charge on any atom is 0.235 e. The van der Waals surface area contributed by atoms with Gasteiger partial charge in [0.25, 0.3) is 0 Å². The molecule has 0 radical (unpaired) electrons. The highest BCUT2D eigenvalue weighted by atomic mass is 79.9. The molecule has 2 bridgehead atoms. The molecular formula is C27H27BrN2O5. The summed E-state index contributed by atoms with van der Waals surface area (Å²) in [6.07, 6.45) is 2.65. The fourth-order valence-corrected chi connectivity index (χ4v) is 7.72. The van der Waals surface area contributed by atoms with Crippen LogP contribution in [-0.2, 0) is 21.4 Å². The molecule has 1 amide bonds. The van der Waals surface area contributed by atoms with Gasteiger partial charge < -0.3 is 20.3 Å². The molecule has 5 atom stereocenters. The lowest BCUT2D eigenvalue weighted by molar-refractivity contribution is -0.197. The minimum absolute atomic E-state index is 0.0170. The van der Waals surface area contributed by atoms with Crippen molar-refractivity contribution < 1.29 is 24.5 Å². The summed E-state index contributed by atoms with van der Waals surface area (Å²) >= 11 is 3.41. The number of aliphatic hydroxyl groups is 1. The number of aromatic hydroxyl groups is 1. The molecule has 7 rings (SSSR count). The van der Waals surface area contributed by atoms with Crippen molar-refractivity contribution in [2.45, 2.75) is 55.3 Å². The summed E-state index contributed by atoms with van der Waals surface area (Å²) in [4.78, 5) is 29.7. The molecule has 182 valence electrons. The molecule has 1 spiro atoms. The summed E-state index contributed by atoms with van der Waals surface area (Å²) in [5.41, 5.74) is 0.138. The zero-order valence-electron chi connectivity index (χ0n) is 19.2. The average Bonchev–Trinajstić information content (AvgIpc) is 3.56. The Balaban J connectivity index is 1.32. The number of Topliss-reactive ketones (excluding diaryl/α,β-unsaturated/α-hetero) is 1. The normalized spacial score (nSPS) is 34.8. The van der Waals surface area contributed by atoms with Crippen LogP contribution in [0.15, 0.2) is 40.9 Å². The fourth-order valence-electron chi connectivity index (χ4n) is 7.32. The first kappa shape index (κ1) is 21.8. The predicted octanol–water partition coefficient (Wildman–Crippen LogP) is 3.15. The molecule has 3 N–H and O–H groups in total. The summed E-state index contributed by atoms with van der Waals surface area (Å²) in [5, 5.41) is 26.1. The van der Waals surface area contributed by atoms with Crippen LogP contribution in [0.4, 0.5) is 5.69 Å². The number of carbonyl (C=O) groups excluding carboxylic acids is 2. The Hall–Kier alpha value is -2.42. The monoisotopic (exact) mass is 538 g/mol. The lowest BCUT2D eigenvalue weighted by atomic mass is 9.47. The van der Waals surface area contributed by atoms with E-state index in [0.717, 1.165) is 28.7 Å². The number of nitrogens with zero attached hydrogens (tertiary/aromatic N) is 1. The number of amides is 1. The van der Waals surface area contributed by atoms with Gasteiger partial charge in [-0.3, -0.25) is 14.5 Å². The Morgan fingerprint density at radius 1 is 1.26 bits per heavy atom. The minimum Gasteiger partial charge on any atom is -0.504 e. The van der Waals surface area contributed by atoms with E-state index >= 15 is 0 Å². The first-order valence-corrected chi connectivity index (χ1v) is 13.2. The van der Waals surface area contributed by atoms with E-state index in [0.29, 0.717) is 30.2 Å². The number of halogens is 1. The van der Waals surface area contributed by atoms with Gasteiger partial charge in [0, 0.05) is 28.3 Å². The van der Waals surface area contributed by atoms with E-state index in [1.807, 2.05) is 18.2 Å². The van der Waals surface area contributed by atoms with Crippen LogP contribution in [0.5, 0.6) is 11.5 Å². The molecule has 3 aliphatic carbocycles. The number of nitrogens with one attached hydrogen (secondary N) is 1. The molecule has 1 saturated heterocycles. The summed E-state index contributed by atoms with van der Waals surface area (Å²) in [5.74, 6) is -0.852. The van der Waals surface area contributed by atoms with Crippen LogP contribution < -0.4 is 10.1 Å². The molecule has 2 aromatic rings. The highest BCUT2D eigenvalue weighted by molar-refractivity contribution is 9.10. The molecule has 1 unspecified atom stereocenters. The third kappa shape index (κ3) is 2.90. The molecule has 8 heteroatoms. The average molecular weight is 539 g/mol. The van der Waals surface area contributed by atoms with Crippen LogP contribution in [0.25, 0.3) is 0 Å². The molecule has 2 aliphatic heterocycles. The van der Waals surface area contributed by atoms with Gasteiger partial charge in [-0.05, 0) is 74.4 Å². The highest BCUT2D eigenvalue weighted by Gasteiger charge is 2.75. The van der Waals surface area contributed by atoms with E-state index in [2.05, 4.69) is 26.1 Å². The quantitative estimate of drug-likeness (QED) is 0.517. The van der Waals surface area contributed by atoms with Gasteiger partial charge in [-0.15, -0.1) is 0 Å². The van der Waals surface area contributed by atoms with E-state index in [-0.39, 0.29) is 24.0 Å². The standard InChI is InChI=1S/C27H27BrN2O5/c28-16-2-1-3-17(11-16)29-25(33)18-12-27(34)20-10-15-6-7-19(31)23-21(15)26(27,24(35-23)22(18)32)8-9-30(20)13-14-4-5-14/h1-3,6-7,11,14,18,20,24,31,34H,4-5,8-10,12-13H2,(H,29,33)/t18?,20-,24+,26+,27-/m1/s1. The van der Waals surface area contributed by atoms with Crippen molar-refractivity contribution >= 4 is 33.3 Å². The largest absolute Gasteiger partial charge is 0.504 e. The number of carbonyl (C=O) groups is 2. The second kappa shape index (κ2) is 7.31. The fraction of sp³-hybridized carbons (Fsp3) is 0.481. The molecule has 2 heterocycles. The maximum atomic E-state index is 13.9. The third-order valence-electron chi connectivity index (χ3n) is 9.04. The number of phenolic OH excluding ortho intramolecular Hbond substituents is 1. The summed E-state index contributed by atoms with van der Waals surface area (Å²) in [6.45, 7) is 1.69. The van der Waals surface area contributed by atoms with Gasteiger partial charge in [-0.2, -0.15) is 0 Å². The summed E-state index contributed by atoms with van der Waals surface area (Å²) in [7, 11) is 0. The zero-order valence-corrected chi connectivity index (χ0v) is 20.8. The number of rotatable bonds is 4. The van der Waals surface area contributed by atoms with Crippen LogP contribution >= 0.6 is 15.9 Å². The molecule has 3 fully saturated rings. The smallest absolute Gasteiger partial charge is 0.235 e. The first-order valence-electron chi connectivity index (χ1n) is 12.4. The van der Waals surface area contributed by atoms with Crippen molar-refractivity contribution in [3.8, 4) is 11.5 Å². The number of hydrogen-bond acceptors (Lipinski definition) is 6. The van der Waals surface area contributed by atoms with E-state index in [1.54, 1.807) is 18.2 Å². The summed E-state index contributed by atoms with van der Waals surface area (Å²) < 4.78 is 7.02. The maximum absolute atomic E-state index is 13.9. The van der Waals surface area contributed by atoms with Crippen molar-refractivity contribution in [2.75, 3.05) is 18.4 Å². The number of hydrogen-bond donors (Lipinski definition) is 3. The van der Waals surface area contributed by atoms with E-state index in [9.17, 15) is 19.8 Å². The molecular weight excluding hydrogens is 512 g/mol. The Morgan fingerprint density at radius 3 is 2.86 bits per heavy atom. The number of benzene rings is 2. The van der Waals surface area contributed by atoms with Gasteiger partial charge in [0.05, 0.1) is 11.0 Å². The topological polar surface area (TPSA) is 99.1 Å². The molecule has 5 aliphatic rings. The Labute approximate surface area is 211 Å². The summed E-state index contributed by atoms with van der Waals surface area (Å²) in [6, 6.07) is 10.5. The Bertz CT molecular complexity index is 1280. The van der Waals surface area contributed by atoms with E-state index < -0.39 is 28.9 Å². The van der Waals surface area contributed by atoms with Crippen LogP contribution in [0.3, 0.4) is 0 Å².